The number of fused-ring (bicyclic) bond motifs is 3. The second-order valence-electron chi connectivity index (χ2n) is 10.1. The third-order valence-electron chi connectivity index (χ3n) is 7.12. The maximum Gasteiger partial charge on any atom is 0.135 e. The Labute approximate surface area is 197 Å². The number of hydrogen-bond donors (Lipinski definition) is 0. The smallest absolute Gasteiger partial charge is 0.135 e. The predicted molar refractivity (Wildman–Crippen MR) is 142 cm³/mol. The minimum Gasteiger partial charge on any atom is -0.238 e. The Morgan fingerprint density at radius 3 is 1.76 bits per heavy atom. The fourth-order valence-electron chi connectivity index (χ4n) is 6.23. The maximum atomic E-state index is 2.49. The van der Waals surface area contributed by atoms with Crippen LogP contribution < -0.4 is 4.57 Å². The topological polar surface area (TPSA) is 8.29 Å². The molecule has 166 valence electrons. The zero-order valence-electron chi connectivity index (χ0n) is 21.2. The van der Waals surface area contributed by atoms with Crippen LogP contribution >= 0.6 is 0 Å². The van der Waals surface area contributed by atoms with Crippen molar-refractivity contribution in [2.75, 3.05) is 0 Å². The fourth-order valence-corrected chi connectivity index (χ4v) is 6.23. The first-order valence-electron chi connectivity index (χ1n) is 11.9. The molecule has 0 aliphatic carbocycles. The van der Waals surface area contributed by atoms with Crippen molar-refractivity contribution in [3.8, 4) is 11.2 Å². The van der Waals surface area contributed by atoms with Crippen molar-refractivity contribution in [2.24, 2.45) is 0 Å². The minimum atomic E-state index is 0.175. The minimum absolute atomic E-state index is 0.175. The van der Waals surface area contributed by atoms with Crippen LogP contribution in [0, 0.1) is 55.4 Å². The highest BCUT2D eigenvalue weighted by Gasteiger charge is 2.19. The van der Waals surface area contributed by atoms with E-state index in [2.05, 4.69) is 119 Å². The first-order valence-corrected chi connectivity index (χ1v) is 11.9. The summed E-state index contributed by atoms with van der Waals surface area (Å²) >= 11 is 0. The first kappa shape index (κ1) is 21.6. The molecule has 2 heterocycles. The first-order chi connectivity index (χ1) is 15.7. The Hall–Kier alpha value is -3.20. The Morgan fingerprint density at radius 1 is 0.636 bits per heavy atom. The maximum absolute atomic E-state index is 2.49. The third kappa shape index (κ3) is 3.42. The van der Waals surface area contributed by atoms with Crippen molar-refractivity contribution in [1.29, 1.82) is 0 Å². The molecule has 2 nitrogen and oxygen atoms in total. The van der Waals surface area contributed by atoms with Gasteiger partial charge in [0.1, 0.15) is 23.6 Å². The predicted octanol–water partition coefficient (Wildman–Crippen LogP) is 6.85. The zero-order valence-corrected chi connectivity index (χ0v) is 21.2. The number of hydrogen-bond acceptors (Lipinski definition) is 0. The lowest BCUT2D eigenvalue weighted by atomic mass is 9.56. The summed E-state index contributed by atoms with van der Waals surface area (Å²) in [6.07, 6.45) is 4.69. The second kappa shape index (κ2) is 7.69. The number of aryl methyl sites for hydroxylation is 8. The standard InChI is InChI=1S/C30H33BN2/c1-18-11-21(4)27(22(5)12-18)31-17-26-16-20(3)15-25(8)29(26)33-10-9-32(30(31)33)28-23(6)13-19(2)14-24(28)7/h9-17H,1-8H3. The normalized spacial score (nSPS) is 11.6. The van der Waals surface area contributed by atoms with E-state index in [1.165, 1.54) is 72.1 Å². The molecule has 0 fully saturated rings. The summed E-state index contributed by atoms with van der Waals surface area (Å²) < 4.78 is 4.87. The Bertz CT molecular complexity index is 1540. The average Bonchev–Trinajstić information content (AvgIpc) is 3.10. The summed E-state index contributed by atoms with van der Waals surface area (Å²) in [6.45, 7) is 17.8. The van der Waals surface area contributed by atoms with Crippen molar-refractivity contribution in [3.63, 3.8) is 0 Å². The fraction of sp³-hybridized carbons (Fsp3) is 0.267. The monoisotopic (exact) mass is 432 g/mol. The summed E-state index contributed by atoms with van der Waals surface area (Å²) in [5.74, 6) is 2.49. The molecule has 0 bridgehead atoms. The van der Waals surface area contributed by atoms with Gasteiger partial charge in [0.05, 0.1) is 5.54 Å². The molecular formula is C30H33BN2. The molecule has 0 radical (unpaired) electrons. The molecule has 3 heteroatoms. The van der Waals surface area contributed by atoms with Gasteiger partial charge in [-0.05, 0) is 77.5 Å². The van der Waals surface area contributed by atoms with Gasteiger partial charge in [0, 0.05) is 6.34 Å². The molecule has 0 atom stereocenters. The molecular weight excluding hydrogens is 399 g/mol. The van der Waals surface area contributed by atoms with Crippen LogP contribution in [0.5, 0.6) is 0 Å². The van der Waals surface area contributed by atoms with E-state index in [-0.39, 0.29) is 6.34 Å². The highest BCUT2D eigenvalue weighted by molar-refractivity contribution is 6.73. The molecule has 3 aromatic carbocycles. The molecule has 2 aromatic heterocycles. The molecule has 5 rings (SSSR count). The van der Waals surface area contributed by atoms with Crippen LogP contribution in [0.1, 0.15) is 44.5 Å². The third-order valence-corrected chi connectivity index (χ3v) is 7.12. The molecule has 0 spiro atoms. The van der Waals surface area contributed by atoms with E-state index in [0.717, 1.165) is 0 Å². The molecule has 0 saturated carbocycles. The molecule has 0 unspecified atom stereocenters. The van der Waals surface area contributed by atoms with Crippen molar-refractivity contribution in [1.82, 2.24) is 4.40 Å². The number of benzene rings is 3. The number of rotatable bonds is 2. The average molecular weight is 432 g/mol. The van der Waals surface area contributed by atoms with E-state index in [4.69, 9.17) is 0 Å². The summed E-state index contributed by atoms with van der Waals surface area (Å²) in [6, 6.07) is 13.9. The zero-order chi connectivity index (χ0) is 23.6. The van der Waals surface area contributed by atoms with E-state index in [0.29, 0.717) is 0 Å². The lowest BCUT2D eigenvalue weighted by molar-refractivity contribution is -0.565. The lowest BCUT2D eigenvalue weighted by Gasteiger charge is -2.23. The summed E-state index contributed by atoms with van der Waals surface area (Å²) in [5, 5.41) is 1.32. The highest BCUT2D eigenvalue weighted by atomic mass is 15.1. The molecule has 0 aliphatic rings. The van der Waals surface area contributed by atoms with Gasteiger partial charge in [-0.25, -0.2) is 20.4 Å². The SMILES string of the molecule is Cc1cc(C)c(-[b-]2cc3cc(C)cc(C)c3n3cc[n+](-c4c(C)cc(C)cc4C)c23)c(C)c1. The highest BCUT2D eigenvalue weighted by Crippen LogP contribution is 2.28. The summed E-state index contributed by atoms with van der Waals surface area (Å²) in [7, 11) is 0. The Morgan fingerprint density at radius 2 is 1.15 bits per heavy atom. The van der Waals surface area contributed by atoms with Crippen LogP contribution in [0.15, 0.2) is 54.8 Å². The van der Waals surface area contributed by atoms with Crippen LogP contribution in [0.2, 0.25) is 0 Å². The van der Waals surface area contributed by atoms with E-state index in [1.54, 1.807) is 0 Å². The quantitative estimate of drug-likeness (QED) is 0.270. The van der Waals surface area contributed by atoms with Crippen LogP contribution in [-0.2, 0) is 0 Å². The molecule has 5 aromatic rings. The van der Waals surface area contributed by atoms with Gasteiger partial charge in [0.25, 0.3) is 0 Å². The van der Waals surface area contributed by atoms with E-state index >= 15 is 0 Å². The molecule has 33 heavy (non-hydrogen) atoms. The number of imidazole rings is 1. The van der Waals surface area contributed by atoms with Gasteiger partial charge < -0.3 is 0 Å². The van der Waals surface area contributed by atoms with Crippen molar-refractivity contribution in [2.45, 2.75) is 55.4 Å². The van der Waals surface area contributed by atoms with Gasteiger partial charge in [-0.15, -0.1) is 0 Å². The van der Waals surface area contributed by atoms with Crippen molar-refractivity contribution in [3.05, 3.63) is 99.3 Å². The van der Waals surface area contributed by atoms with Crippen molar-refractivity contribution < 1.29 is 4.57 Å². The van der Waals surface area contributed by atoms with Gasteiger partial charge in [0.15, 0.2) is 0 Å². The van der Waals surface area contributed by atoms with Gasteiger partial charge in [0.2, 0.25) is 0 Å². The van der Waals surface area contributed by atoms with Crippen LogP contribution in [0.3, 0.4) is 0 Å². The second-order valence-corrected chi connectivity index (χ2v) is 10.1. The molecule has 0 amide bonds. The van der Waals surface area contributed by atoms with Crippen molar-refractivity contribution >= 4 is 22.8 Å². The molecule has 0 N–H and O–H groups in total. The van der Waals surface area contributed by atoms with Gasteiger partial charge in [-0.3, -0.25) is 0 Å². The Balaban J connectivity index is 2.01. The van der Waals surface area contributed by atoms with E-state index in [9.17, 15) is 0 Å². The largest absolute Gasteiger partial charge is 0.238 e. The van der Waals surface area contributed by atoms with Gasteiger partial charge in [-0.2, -0.15) is 0 Å². The van der Waals surface area contributed by atoms with E-state index < -0.39 is 0 Å². The lowest BCUT2D eigenvalue weighted by Crippen LogP contribution is -2.34. The van der Waals surface area contributed by atoms with Gasteiger partial charge >= 0.3 is 0 Å². The summed E-state index contributed by atoms with van der Waals surface area (Å²) in [4.78, 5) is 0. The van der Waals surface area contributed by atoms with Gasteiger partial charge in [-0.1, -0.05) is 64.2 Å². The van der Waals surface area contributed by atoms with Crippen LogP contribution in [0.25, 0.3) is 27.6 Å². The number of aromatic nitrogens is 2. The molecule has 0 saturated heterocycles. The summed E-state index contributed by atoms with van der Waals surface area (Å²) in [5.41, 5.74) is 15.9. The molecule has 0 aliphatic heterocycles. The number of nitrogens with zero attached hydrogens (tertiary/aromatic N) is 2. The van der Waals surface area contributed by atoms with Crippen LogP contribution in [-0.4, -0.2) is 10.7 Å². The Kier molecular flexibility index (Phi) is 5.04. The van der Waals surface area contributed by atoms with E-state index in [1.807, 2.05) is 0 Å². The van der Waals surface area contributed by atoms with Crippen LogP contribution in [0.4, 0.5) is 0 Å².